The number of thiophene rings is 1. The third kappa shape index (κ3) is 3.85. The molecule has 1 amide bonds. The lowest BCUT2D eigenvalue weighted by Gasteiger charge is -2.14. The number of amides is 1. The number of carbonyl (C=O) groups excluding carboxylic acids is 1. The van der Waals surface area contributed by atoms with Gasteiger partial charge in [-0.25, -0.2) is 4.79 Å². The van der Waals surface area contributed by atoms with Crippen molar-refractivity contribution in [2.45, 2.75) is 51.8 Å². The van der Waals surface area contributed by atoms with Crippen LogP contribution in [0.3, 0.4) is 0 Å². The Labute approximate surface area is 149 Å². The minimum Gasteiger partial charge on any atom is -0.376 e. The van der Waals surface area contributed by atoms with E-state index in [1.165, 1.54) is 20.5 Å². The third-order valence-corrected chi connectivity index (χ3v) is 5.32. The molecule has 25 heavy (non-hydrogen) atoms. The summed E-state index contributed by atoms with van der Waals surface area (Å²) in [4.78, 5) is 37.5. The van der Waals surface area contributed by atoms with E-state index in [1.54, 1.807) is 11.4 Å². The molecule has 0 radical (unpaired) electrons. The van der Waals surface area contributed by atoms with Gasteiger partial charge in [-0.1, -0.05) is 13.3 Å². The maximum atomic E-state index is 12.7. The summed E-state index contributed by atoms with van der Waals surface area (Å²) in [5, 5.41) is 4.60. The monoisotopic (exact) mass is 365 g/mol. The van der Waals surface area contributed by atoms with E-state index in [0.29, 0.717) is 23.3 Å². The normalized spacial score (nSPS) is 17.2. The van der Waals surface area contributed by atoms with Crippen molar-refractivity contribution >= 4 is 27.5 Å². The molecule has 136 valence electrons. The van der Waals surface area contributed by atoms with E-state index in [0.717, 1.165) is 32.3 Å². The van der Waals surface area contributed by atoms with Crippen LogP contribution in [0.1, 0.15) is 32.6 Å². The van der Waals surface area contributed by atoms with E-state index >= 15 is 0 Å². The minimum atomic E-state index is -0.420. The summed E-state index contributed by atoms with van der Waals surface area (Å²) < 4.78 is 8.65. The zero-order valence-corrected chi connectivity index (χ0v) is 15.1. The molecule has 0 saturated carbocycles. The van der Waals surface area contributed by atoms with E-state index in [1.807, 2.05) is 6.92 Å². The molecule has 2 aromatic rings. The Balaban J connectivity index is 1.84. The average molecular weight is 365 g/mol. The van der Waals surface area contributed by atoms with Gasteiger partial charge in [-0.2, -0.15) is 0 Å². The van der Waals surface area contributed by atoms with Crippen LogP contribution in [0, 0.1) is 0 Å². The second-order valence-corrected chi connectivity index (χ2v) is 7.17. The number of nitrogens with one attached hydrogen (secondary N) is 1. The SMILES string of the molecule is CCCCn1c(=O)c2sccc2n(CC(=O)NC[C@@H]2CCCO2)c1=O. The number of aromatic nitrogens is 2. The fourth-order valence-electron chi connectivity index (χ4n) is 3.03. The lowest BCUT2D eigenvalue weighted by atomic mass is 10.2. The first-order valence-electron chi connectivity index (χ1n) is 8.71. The van der Waals surface area contributed by atoms with Crippen LogP contribution in [-0.2, 0) is 22.6 Å². The molecule has 0 aliphatic carbocycles. The fraction of sp³-hybridized carbons (Fsp3) is 0.588. The Kier molecular flexibility index (Phi) is 5.70. The number of unbranched alkanes of at least 4 members (excludes halogenated alkanes) is 1. The molecule has 0 unspecified atom stereocenters. The second kappa shape index (κ2) is 7.97. The van der Waals surface area contributed by atoms with Gasteiger partial charge in [0.1, 0.15) is 11.2 Å². The largest absolute Gasteiger partial charge is 0.376 e. The van der Waals surface area contributed by atoms with Gasteiger partial charge in [0.25, 0.3) is 5.56 Å². The zero-order chi connectivity index (χ0) is 17.8. The first kappa shape index (κ1) is 17.9. The Morgan fingerprint density at radius 2 is 2.24 bits per heavy atom. The zero-order valence-electron chi connectivity index (χ0n) is 14.3. The molecule has 1 N–H and O–H groups in total. The molecule has 0 aromatic carbocycles. The molecule has 0 spiro atoms. The van der Waals surface area contributed by atoms with Gasteiger partial charge in [-0.3, -0.25) is 18.7 Å². The fourth-order valence-corrected chi connectivity index (χ4v) is 3.88. The van der Waals surface area contributed by atoms with Crippen molar-refractivity contribution in [1.29, 1.82) is 0 Å². The molecule has 1 aliphatic heterocycles. The molecule has 8 heteroatoms. The summed E-state index contributed by atoms with van der Waals surface area (Å²) in [6, 6.07) is 1.72. The van der Waals surface area contributed by atoms with Crippen molar-refractivity contribution in [3.05, 3.63) is 32.3 Å². The Morgan fingerprint density at radius 1 is 1.40 bits per heavy atom. The van der Waals surface area contributed by atoms with Crippen LogP contribution in [0.5, 0.6) is 0 Å². The highest BCUT2D eigenvalue weighted by atomic mass is 32.1. The van der Waals surface area contributed by atoms with Crippen molar-refractivity contribution in [2.75, 3.05) is 13.2 Å². The smallest absolute Gasteiger partial charge is 0.332 e. The molecule has 1 saturated heterocycles. The number of hydrogen-bond donors (Lipinski definition) is 1. The van der Waals surface area contributed by atoms with Gasteiger partial charge in [-0.15, -0.1) is 11.3 Å². The molecular weight excluding hydrogens is 342 g/mol. The van der Waals surface area contributed by atoms with Gasteiger partial charge in [0.05, 0.1) is 11.6 Å². The number of ether oxygens (including phenoxy) is 1. The van der Waals surface area contributed by atoms with Crippen molar-refractivity contribution in [3.63, 3.8) is 0 Å². The predicted octanol–water partition coefficient (Wildman–Crippen LogP) is 1.32. The molecular formula is C17H23N3O4S. The highest BCUT2D eigenvalue weighted by Gasteiger charge is 2.18. The molecule has 3 rings (SSSR count). The van der Waals surface area contributed by atoms with Crippen LogP contribution in [-0.4, -0.2) is 34.3 Å². The van der Waals surface area contributed by atoms with Crippen LogP contribution < -0.4 is 16.6 Å². The summed E-state index contributed by atoms with van der Waals surface area (Å²) >= 11 is 1.30. The Morgan fingerprint density at radius 3 is 2.96 bits per heavy atom. The standard InChI is InChI=1S/C17H23N3O4S/c1-2-3-7-19-16(22)15-13(6-9-25-15)20(17(19)23)11-14(21)18-10-12-5-4-8-24-12/h6,9,12H,2-5,7-8,10-11H2,1H3,(H,18,21)/t12-/m0/s1. The third-order valence-electron chi connectivity index (χ3n) is 4.42. The molecule has 1 fully saturated rings. The second-order valence-electron chi connectivity index (χ2n) is 6.25. The molecule has 1 aliphatic rings. The number of carbonyl (C=O) groups is 1. The highest BCUT2D eigenvalue weighted by Crippen LogP contribution is 2.15. The van der Waals surface area contributed by atoms with Gasteiger partial charge < -0.3 is 10.1 Å². The molecule has 2 aromatic heterocycles. The van der Waals surface area contributed by atoms with E-state index in [2.05, 4.69) is 5.32 Å². The molecule has 0 bridgehead atoms. The summed E-state index contributed by atoms with van der Waals surface area (Å²) in [7, 11) is 0. The Hall–Kier alpha value is -1.93. The summed E-state index contributed by atoms with van der Waals surface area (Å²) in [5.41, 5.74) is -0.156. The van der Waals surface area contributed by atoms with E-state index in [4.69, 9.17) is 4.74 Å². The highest BCUT2D eigenvalue weighted by molar-refractivity contribution is 7.17. The maximum Gasteiger partial charge on any atom is 0.332 e. The predicted molar refractivity (Wildman–Crippen MR) is 97.2 cm³/mol. The first-order chi connectivity index (χ1) is 12.1. The van der Waals surface area contributed by atoms with Gasteiger partial charge in [0, 0.05) is 19.7 Å². The average Bonchev–Trinajstić information content (AvgIpc) is 3.28. The topological polar surface area (TPSA) is 82.3 Å². The van der Waals surface area contributed by atoms with E-state index in [-0.39, 0.29) is 24.1 Å². The van der Waals surface area contributed by atoms with Crippen LogP contribution in [0.25, 0.3) is 10.2 Å². The van der Waals surface area contributed by atoms with E-state index in [9.17, 15) is 14.4 Å². The van der Waals surface area contributed by atoms with Crippen molar-refractivity contribution < 1.29 is 9.53 Å². The van der Waals surface area contributed by atoms with Crippen molar-refractivity contribution in [3.8, 4) is 0 Å². The molecule has 3 heterocycles. The van der Waals surface area contributed by atoms with Gasteiger partial charge >= 0.3 is 5.69 Å². The number of nitrogens with zero attached hydrogens (tertiary/aromatic N) is 2. The summed E-state index contributed by atoms with van der Waals surface area (Å²) in [5.74, 6) is -0.245. The maximum absolute atomic E-state index is 12.7. The molecule has 7 nitrogen and oxygen atoms in total. The number of hydrogen-bond acceptors (Lipinski definition) is 5. The number of fused-ring (bicyclic) bond motifs is 1. The summed E-state index contributed by atoms with van der Waals surface area (Å²) in [6.45, 7) is 3.48. The van der Waals surface area contributed by atoms with Crippen LogP contribution >= 0.6 is 11.3 Å². The lowest BCUT2D eigenvalue weighted by molar-refractivity contribution is -0.122. The van der Waals surface area contributed by atoms with Crippen molar-refractivity contribution in [2.24, 2.45) is 0 Å². The van der Waals surface area contributed by atoms with E-state index < -0.39 is 5.69 Å². The minimum absolute atomic E-state index is 0.0559. The van der Waals surface area contributed by atoms with Crippen LogP contribution in [0.4, 0.5) is 0 Å². The van der Waals surface area contributed by atoms with Crippen molar-refractivity contribution in [1.82, 2.24) is 14.5 Å². The first-order valence-corrected chi connectivity index (χ1v) is 9.59. The summed E-state index contributed by atoms with van der Waals surface area (Å²) in [6.07, 6.45) is 3.64. The van der Waals surface area contributed by atoms with Gasteiger partial charge in [0.15, 0.2) is 0 Å². The Bertz CT molecular complexity index is 861. The lowest BCUT2D eigenvalue weighted by Crippen LogP contribution is -2.43. The quantitative estimate of drug-likeness (QED) is 0.802. The number of rotatable bonds is 7. The van der Waals surface area contributed by atoms with Gasteiger partial charge in [0.2, 0.25) is 5.91 Å². The van der Waals surface area contributed by atoms with Gasteiger partial charge in [-0.05, 0) is 30.7 Å². The van der Waals surface area contributed by atoms with Crippen LogP contribution in [0.2, 0.25) is 0 Å². The molecule has 1 atom stereocenters. The van der Waals surface area contributed by atoms with Crippen LogP contribution in [0.15, 0.2) is 21.0 Å².